The lowest BCUT2D eigenvalue weighted by molar-refractivity contribution is 0.122. The molecule has 1 saturated heterocycles. The van der Waals surface area contributed by atoms with Gasteiger partial charge in [0.15, 0.2) is 0 Å². The molecule has 0 bridgehead atoms. The second kappa shape index (κ2) is 14.2. The molecule has 0 aromatic heterocycles. The van der Waals surface area contributed by atoms with Crippen molar-refractivity contribution < 1.29 is 0 Å². The summed E-state index contributed by atoms with van der Waals surface area (Å²) in [6.45, 7) is 20.0. The Morgan fingerprint density at radius 2 is 1.35 bits per heavy atom. The molecule has 1 aliphatic rings. The van der Waals surface area contributed by atoms with Crippen molar-refractivity contribution in [3.8, 4) is 0 Å². The summed E-state index contributed by atoms with van der Waals surface area (Å²) in [7, 11) is 4.44. The molecule has 5 heteroatoms. The van der Waals surface area contributed by atoms with E-state index in [2.05, 4.69) is 61.4 Å². The van der Waals surface area contributed by atoms with E-state index in [1.165, 1.54) is 45.7 Å². The summed E-state index contributed by atoms with van der Waals surface area (Å²) >= 11 is 0. The van der Waals surface area contributed by atoms with Crippen molar-refractivity contribution in [3.63, 3.8) is 0 Å². The fraction of sp³-hybridized carbons (Fsp3) is 1.00. The van der Waals surface area contributed by atoms with Gasteiger partial charge in [-0.2, -0.15) is 0 Å². The van der Waals surface area contributed by atoms with Crippen molar-refractivity contribution in [1.29, 1.82) is 0 Å². The van der Waals surface area contributed by atoms with Crippen LogP contribution in [-0.4, -0.2) is 105 Å². The van der Waals surface area contributed by atoms with E-state index in [9.17, 15) is 0 Å². The van der Waals surface area contributed by atoms with Crippen LogP contribution in [0.1, 0.15) is 34.1 Å². The quantitative estimate of drug-likeness (QED) is 0.689. The molecule has 0 spiro atoms. The first-order chi connectivity index (χ1) is 10.9. The first-order valence-electron chi connectivity index (χ1n) is 9.48. The first kappa shape index (κ1) is 22.8. The van der Waals surface area contributed by atoms with Gasteiger partial charge in [-0.15, -0.1) is 0 Å². The lowest BCUT2D eigenvalue weighted by atomic mass is 10.3. The third-order valence-corrected chi connectivity index (χ3v) is 4.42. The van der Waals surface area contributed by atoms with E-state index in [1.54, 1.807) is 0 Å². The maximum absolute atomic E-state index is 5.61. The van der Waals surface area contributed by atoms with Gasteiger partial charge in [-0.05, 0) is 27.9 Å². The third kappa shape index (κ3) is 11.9. The molecular formula is C18H43N5. The largest absolute Gasteiger partial charge is 0.329 e. The Morgan fingerprint density at radius 1 is 0.870 bits per heavy atom. The molecule has 23 heavy (non-hydrogen) atoms. The van der Waals surface area contributed by atoms with Crippen LogP contribution in [-0.2, 0) is 0 Å². The average Bonchev–Trinajstić information content (AvgIpc) is 2.53. The number of hydrogen-bond donors (Lipinski definition) is 1. The number of nitrogens with zero attached hydrogens (tertiary/aromatic N) is 4. The summed E-state index contributed by atoms with van der Waals surface area (Å²) in [6.07, 6.45) is 1.25. The molecule has 2 N–H and O–H groups in total. The molecule has 0 aromatic rings. The monoisotopic (exact) mass is 329 g/mol. The van der Waals surface area contributed by atoms with Crippen LogP contribution in [0, 0.1) is 0 Å². The van der Waals surface area contributed by atoms with Gasteiger partial charge in [-0.3, -0.25) is 9.80 Å². The molecule has 0 radical (unpaired) electrons. The molecule has 1 fully saturated rings. The molecule has 0 amide bonds. The zero-order valence-electron chi connectivity index (χ0n) is 16.7. The second-order valence-electron chi connectivity index (χ2n) is 7.06. The second-order valence-corrected chi connectivity index (χ2v) is 7.06. The van der Waals surface area contributed by atoms with Gasteiger partial charge in [0.25, 0.3) is 0 Å². The predicted molar refractivity (Wildman–Crippen MR) is 103 cm³/mol. The van der Waals surface area contributed by atoms with Crippen LogP contribution in [0.4, 0.5) is 0 Å². The summed E-state index contributed by atoms with van der Waals surface area (Å²) in [5, 5.41) is 0. The number of likely N-dealkylation sites (N-methyl/N-ethyl adjacent to an activating group) is 2. The lowest BCUT2D eigenvalue weighted by Crippen LogP contribution is -2.49. The molecule has 0 atom stereocenters. The van der Waals surface area contributed by atoms with Crippen molar-refractivity contribution in [2.45, 2.75) is 40.2 Å². The highest BCUT2D eigenvalue weighted by molar-refractivity contribution is 4.73. The highest BCUT2D eigenvalue weighted by atomic mass is 15.3. The van der Waals surface area contributed by atoms with Gasteiger partial charge in [0.1, 0.15) is 0 Å². The van der Waals surface area contributed by atoms with E-state index < -0.39 is 0 Å². The molecular weight excluding hydrogens is 286 g/mol. The summed E-state index contributed by atoms with van der Waals surface area (Å²) in [4.78, 5) is 9.90. The van der Waals surface area contributed by atoms with Crippen LogP contribution >= 0.6 is 0 Å². The number of nitrogens with two attached hydrogens (primary N) is 1. The Kier molecular flexibility index (Phi) is 14.0. The molecule has 0 unspecified atom stereocenters. The maximum Gasteiger partial charge on any atom is 0.0110 e. The zero-order valence-corrected chi connectivity index (χ0v) is 16.7. The van der Waals surface area contributed by atoms with Crippen molar-refractivity contribution in [1.82, 2.24) is 19.6 Å². The standard InChI is InChI=1S/C15H35N5.C3H8/c1-15(2)18(4)9-7-17(3)8-10-20-13-11-19(6-5-16)12-14-20;1-3-2/h15H,5-14,16H2,1-4H3;3H2,1-2H3. The predicted octanol–water partition coefficient (Wildman–Crippen LogP) is 1.25. The van der Waals surface area contributed by atoms with Gasteiger partial charge in [-0.25, -0.2) is 0 Å². The SMILES string of the molecule is CC(C)N(C)CCN(C)CCN1CCN(CCN)CC1.CCC. The fourth-order valence-electron chi connectivity index (χ4n) is 2.43. The molecule has 1 rings (SSSR count). The fourth-order valence-corrected chi connectivity index (χ4v) is 2.43. The van der Waals surface area contributed by atoms with Gasteiger partial charge in [-0.1, -0.05) is 20.3 Å². The minimum Gasteiger partial charge on any atom is -0.329 e. The molecule has 5 nitrogen and oxygen atoms in total. The van der Waals surface area contributed by atoms with Crippen LogP contribution in [0.3, 0.4) is 0 Å². The van der Waals surface area contributed by atoms with Crippen LogP contribution in [0.25, 0.3) is 0 Å². The highest BCUT2D eigenvalue weighted by Gasteiger charge is 2.16. The molecule has 140 valence electrons. The van der Waals surface area contributed by atoms with Gasteiger partial charge in [0.2, 0.25) is 0 Å². The third-order valence-electron chi connectivity index (χ3n) is 4.42. The normalized spacial score (nSPS) is 17.0. The molecule has 1 heterocycles. The van der Waals surface area contributed by atoms with Crippen molar-refractivity contribution in [3.05, 3.63) is 0 Å². The van der Waals surface area contributed by atoms with Crippen molar-refractivity contribution >= 4 is 0 Å². The van der Waals surface area contributed by atoms with Crippen molar-refractivity contribution in [2.75, 3.05) is 79.5 Å². The van der Waals surface area contributed by atoms with Crippen LogP contribution < -0.4 is 5.73 Å². The summed E-state index contributed by atoms with van der Waals surface area (Å²) in [5.74, 6) is 0. The Labute approximate surface area is 145 Å². The van der Waals surface area contributed by atoms with Crippen molar-refractivity contribution in [2.24, 2.45) is 5.73 Å². The molecule has 0 aliphatic carbocycles. The van der Waals surface area contributed by atoms with Crippen LogP contribution in [0.2, 0.25) is 0 Å². The maximum atomic E-state index is 5.61. The number of piperazine rings is 1. The Bertz CT molecular complexity index is 252. The molecule has 1 aliphatic heterocycles. The summed E-state index contributed by atoms with van der Waals surface area (Å²) < 4.78 is 0. The van der Waals surface area contributed by atoms with Crippen LogP contribution in [0.15, 0.2) is 0 Å². The summed E-state index contributed by atoms with van der Waals surface area (Å²) in [5.41, 5.74) is 5.61. The lowest BCUT2D eigenvalue weighted by Gasteiger charge is -2.35. The van der Waals surface area contributed by atoms with E-state index in [-0.39, 0.29) is 0 Å². The highest BCUT2D eigenvalue weighted by Crippen LogP contribution is 2.01. The van der Waals surface area contributed by atoms with Crippen LogP contribution in [0.5, 0.6) is 0 Å². The van der Waals surface area contributed by atoms with Gasteiger partial charge in [0, 0.05) is 71.5 Å². The average molecular weight is 330 g/mol. The number of hydrogen-bond acceptors (Lipinski definition) is 5. The minimum atomic E-state index is 0.638. The Morgan fingerprint density at radius 3 is 1.78 bits per heavy atom. The Balaban J connectivity index is 0.00000149. The minimum absolute atomic E-state index is 0.638. The van der Waals surface area contributed by atoms with Gasteiger partial charge >= 0.3 is 0 Å². The first-order valence-corrected chi connectivity index (χ1v) is 9.48. The molecule has 0 saturated carbocycles. The smallest absolute Gasteiger partial charge is 0.0110 e. The van der Waals surface area contributed by atoms with E-state index in [0.717, 1.165) is 26.2 Å². The topological polar surface area (TPSA) is 39.0 Å². The molecule has 0 aromatic carbocycles. The van der Waals surface area contributed by atoms with Gasteiger partial charge in [0.05, 0.1) is 0 Å². The van der Waals surface area contributed by atoms with E-state index >= 15 is 0 Å². The zero-order chi connectivity index (χ0) is 17.7. The summed E-state index contributed by atoms with van der Waals surface area (Å²) in [6, 6.07) is 0.638. The van der Waals surface area contributed by atoms with E-state index in [4.69, 9.17) is 5.73 Å². The van der Waals surface area contributed by atoms with E-state index in [0.29, 0.717) is 6.04 Å². The number of rotatable bonds is 9. The Hall–Kier alpha value is -0.200. The van der Waals surface area contributed by atoms with E-state index in [1.807, 2.05) is 0 Å². The van der Waals surface area contributed by atoms with Gasteiger partial charge < -0.3 is 15.5 Å².